The van der Waals surface area contributed by atoms with E-state index in [-0.39, 0.29) is 18.6 Å². The van der Waals surface area contributed by atoms with Gasteiger partial charge in [-0.3, -0.25) is 4.79 Å². The Kier molecular flexibility index (Phi) is 6.60. The summed E-state index contributed by atoms with van der Waals surface area (Å²) in [5.41, 5.74) is 3.53. The van der Waals surface area contributed by atoms with E-state index < -0.39 is 5.97 Å². The van der Waals surface area contributed by atoms with Crippen LogP contribution in [-0.2, 0) is 19.1 Å². The minimum atomic E-state index is -0.571. The lowest BCUT2D eigenvalue weighted by molar-refractivity contribution is -0.143. The lowest BCUT2D eigenvalue weighted by atomic mass is 10.2. The van der Waals surface area contributed by atoms with Crippen molar-refractivity contribution in [3.63, 3.8) is 0 Å². The van der Waals surface area contributed by atoms with E-state index in [9.17, 15) is 9.59 Å². The summed E-state index contributed by atoms with van der Waals surface area (Å²) in [7, 11) is 0. The van der Waals surface area contributed by atoms with Gasteiger partial charge in [-0.15, -0.1) is 0 Å². The molecule has 7 heteroatoms. The third-order valence-corrected chi connectivity index (χ3v) is 4.63. The summed E-state index contributed by atoms with van der Waals surface area (Å²) in [6, 6.07) is 9.78. The number of aryl methyl sites for hydroxylation is 1. The van der Waals surface area contributed by atoms with E-state index in [2.05, 4.69) is 10.4 Å². The molecule has 1 unspecified atom stereocenters. The molecule has 1 aliphatic rings. The molecular formula is C21H25N3O4. The minimum absolute atomic E-state index is 0.0617. The van der Waals surface area contributed by atoms with Gasteiger partial charge >= 0.3 is 5.97 Å². The van der Waals surface area contributed by atoms with E-state index in [1.165, 1.54) is 6.08 Å². The molecule has 0 bridgehead atoms. The van der Waals surface area contributed by atoms with Gasteiger partial charge in [0.1, 0.15) is 0 Å². The SMILES string of the molecule is Cc1nn(-c2ccccc2)c(C)c1C=CC(=O)OCC(=O)NCC1CCCO1. The Morgan fingerprint density at radius 3 is 2.82 bits per heavy atom. The fourth-order valence-corrected chi connectivity index (χ4v) is 3.14. The third-order valence-electron chi connectivity index (χ3n) is 4.63. The van der Waals surface area contributed by atoms with Crippen LogP contribution in [0.1, 0.15) is 29.8 Å². The van der Waals surface area contributed by atoms with Crippen molar-refractivity contribution in [1.29, 1.82) is 0 Å². The molecule has 1 aromatic heterocycles. The molecule has 1 fully saturated rings. The van der Waals surface area contributed by atoms with Crippen LogP contribution in [0.25, 0.3) is 11.8 Å². The molecule has 0 aliphatic carbocycles. The zero-order chi connectivity index (χ0) is 19.9. The first-order chi connectivity index (χ1) is 13.5. The Labute approximate surface area is 164 Å². The van der Waals surface area contributed by atoms with Crippen molar-refractivity contribution in [2.45, 2.75) is 32.8 Å². The van der Waals surface area contributed by atoms with E-state index in [0.29, 0.717) is 6.54 Å². The number of ether oxygens (including phenoxy) is 2. The molecule has 1 aromatic carbocycles. The number of nitrogens with zero attached hydrogens (tertiary/aromatic N) is 2. The Bertz CT molecular complexity index is 852. The predicted octanol–water partition coefficient (Wildman–Crippen LogP) is 2.34. The lowest BCUT2D eigenvalue weighted by Crippen LogP contribution is -2.34. The second-order valence-electron chi connectivity index (χ2n) is 6.71. The summed E-state index contributed by atoms with van der Waals surface area (Å²) in [6.45, 7) is 4.70. The van der Waals surface area contributed by atoms with Crippen molar-refractivity contribution in [3.05, 3.63) is 53.4 Å². The van der Waals surface area contributed by atoms with Crippen LogP contribution in [0.2, 0.25) is 0 Å². The van der Waals surface area contributed by atoms with E-state index in [4.69, 9.17) is 9.47 Å². The zero-order valence-electron chi connectivity index (χ0n) is 16.2. The normalized spacial score (nSPS) is 16.4. The molecular weight excluding hydrogens is 358 g/mol. The average Bonchev–Trinajstić information content (AvgIpc) is 3.32. The smallest absolute Gasteiger partial charge is 0.331 e. The molecule has 0 spiro atoms. The summed E-state index contributed by atoms with van der Waals surface area (Å²) in [5.74, 6) is -0.903. The van der Waals surface area contributed by atoms with Gasteiger partial charge in [0, 0.05) is 30.5 Å². The highest BCUT2D eigenvalue weighted by atomic mass is 16.5. The van der Waals surface area contributed by atoms with E-state index in [0.717, 1.165) is 42.1 Å². The molecule has 148 valence electrons. The number of aromatic nitrogens is 2. The molecule has 1 amide bonds. The Balaban J connectivity index is 1.52. The van der Waals surface area contributed by atoms with Crippen molar-refractivity contribution >= 4 is 18.0 Å². The number of hydrogen-bond acceptors (Lipinski definition) is 5. The van der Waals surface area contributed by atoms with Crippen LogP contribution in [0.3, 0.4) is 0 Å². The van der Waals surface area contributed by atoms with Crippen LogP contribution in [0.15, 0.2) is 36.4 Å². The first-order valence-corrected chi connectivity index (χ1v) is 9.39. The number of carbonyl (C=O) groups excluding carboxylic acids is 2. The molecule has 28 heavy (non-hydrogen) atoms. The molecule has 1 aliphatic heterocycles. The summed E-state index contributed by atoms with van der Waals surface area (Å²) in [4.78, 5) is 23.7. The first kappa shape index (κ1) is 19.8. The van der Waals surface area contributed by atoms with Gasteiger partial charge in [-0.05, 0) is 44.9 Å². The molecule has 0 radical (unpaired) electrons. The summed E-state index contributed by atoms with van der Waals surface area (Å²) in [5, 5.41) is 7.25. The van der Waals surface area contributed by atoms with Crippen LogP contribution in [0.4, 0.5) is 0 Å². The average molecular weight is 383 g/mol. The number of hydrogen-bond donors (Lipinski definition) is 1. The quantitative estimate of drug-likeness (QED) is 0.586. The highest BCUT2D eigenvalue weighted by Crippen LogP contribution is 2.19. The molecule has 2 aromatic rings. The maximum Gasteiger partial charge on any atom is 0.331 e. The van der Waals surface area contributed by atoms with Crippen molar-refractivity contribution in [2.75, 3.05) is 19.8 Å². The number of benzene rings is 1. The Hall–Kier alpha value is -2.93. The molecule has 1 saturated heterocycles. The second-order valence-corrected chi connectivity index (χ2v) is 6.71. The van der Waals surface area contributed by atoms with Gasteiger partial charge in [-0.25, -0.2) is 9.48 Å². The van der Waals surface area contributed by atoms with Crippen LogP contribution in [0.5, 0.6) is 0 Å². The Morgan fingerprint density at radius 2 is 2.11 bits per heavy atom. The van der Waals surface area contributed by atoms with E-state index in [1.807, 2.05) is 48.9 Å². The van der Waals surface area contributed by atoms with Crippen molar-refractivity contribution < 1.29 is 19.1 Å². The van der Waals surface area contributed by atoms with Gasteiger partial charge in [-0.1, -0.05) is 18.2 Å². The summed E-state index contributed by atoms with van der Waals surface area (Å²) >= 11 is 0. The standard InChI is InChI=1S/C21H25N3O4/c1-15-19(16(2)24(23-15)17-7-4-3-5-8-17)10-11-21(26)28-14-20(25)22-13-18-9-6-12-27-18/h3-5,7-8,10-11,18H,6,9,12-14H2,1-2H3,(H,22,25). The monoisotopic (exact) mass is 383 g/mol. The topological polar surface area (TPSA) is 82.5 Å². The third kappa shape index (κ3) is 5.07. The van der Waals surface area contributed by atoms with Crippen LogP contribution in [0, 0.1) is 13.8 Å². The van der Waals surface area contributed by atoms with Crippen LogP contribution >= 0.6 is 0 Å². The molecule has 1 N–H and O–H groups in total. The van der Waals surface area contributed by atoms with Gasteiger partial charge in [0.05, 0.1) is 17.5 Å². The first-order valence-electron chi connectivity index (χ1n) is 9.39. The van der Waals surface area contributed by atoms with Gasteiger partial charge in [-0.2, -0.15) is 5.10 Å². The summed E-state index contributed by atoms with van der Waals surface area (Å²) in [6.07, 6.45) is 5.01. The maximum atomic E-state index is 11.9. The van der Waals surface area contributed by atoms with Crippen LogP contribution in [-0.4, -0.2) is 47.5 Å². The zero-order valence-corrected chi connectivity index (χ0v) is 16.2. The minimum Gasteiger partial charge on any atom is -0.452 e. The molecule has 1 atom stereocenters. The number of nitrogens with one attached hydrogen (secondary N) is 1. The summed E-state index contributed by atoms with van der Waals surface area (Å²) < 4.78 is 12.3. The number of rotatable bonds is 7. The molecule has 0 saturated carbocycles. The maximum absolute atomic E-state index is 11.9. The molecule has 2 heterocycles. The second kappa shape index (κ2) is 9.32. The fraction of sp³-hybridized carbons (Fsp3) is 0.381. The van der Waals surface area contributed by atoms with Crippen molar-refractivity contribution in [2.24, 2.45) is 0 Å². The number of amides is 1. The van der Waals surface area contributed by atoms with Crippen LogP contribution < -0.4 is 5.32 Å². The highest BCUT2D eigenvalue weighted by molar-refractivity contribution is 5.89. The fourth-order valence-electron chi connectivity index (χ4n) is 3.14. The molecule has 3 rings (SSSR count). The number of carbonyl (C=O) groups is 2. The lowest BCUT2D eigenvalue weighted by Gasteiger charge is -2.10. The van der Waals surface area contributed by atoms with Gasteiger partial charge < -0.3 is 14.8 Å². The van der Waals surface area contributed by atoms with Gasteiger partial charge in [0.2, 0.25) is 0 Å². The van der Waals surface area contributed by atoms with Crippen molar-refractivity contribution in [3.8, 4) is 5.69 Å². The molecule has 7 nitrogen and oxygen atoms in total. The van der Waals surface area contributed by atoms with Crippen molar-refractivity contribution in [1.82, 2.24) is 15.1 Å². The number of para-hydroxylation sites is 1. The predicted molar refractivity (Wildman–Crippen MR) is 105 cm³/mol. The highest BCUT2D eigenvalue weighted by Gasteiger charge is 2.16. The largest absolute Gasteiger partial charge is 0.452 e. The van der Waals surface area contributed by atoms with Gasteiger partial charge in [0.15, 0.2) is 6.61 Å². The van der Waals surface area contributed by atoms with E-state index in [1.54, 1.807) is 6.08 Å². The Morgan fingerprint density at radius 1 is 1.32 bits per heavy atom. The van der Waals surface area contributed by atoms with E-state index >= 15 is 0 Å². The van der Waals surface area contributed by atoms with Gasteiger partial charge in [0.25, 0.3) is 5.91 Å². The number of esters is 1.